The van der Waals surface area contributed by atoms with Crippen LogP contribution in [0.2, 0.25) is 5.02 Å². The van der Waals surface area contributed by atoms with Crippen LogP contribution in [0, 0.1) is 0 Å². The third-order valence-corrected chi connectivity index (χ3v) is 6.06. The second-order valence-corrected chi connectivity index (χ2v) is 10.4. The largest absolute Gasteiger partial charge is 0.444 e. The smallest absolute Gasteiger partial charge is 0.418 e. The van der Waals surface area contributed by atoms with E-state index in [1.165, 1.54) is 17.0 Å². The predicted octanol–water partition coefficient (Wildman–Crippen LogP) is 5.03. The van der Waals surface area contributed by atoms with E-state index in [4.69, 9.17) is 16.3 Å². The van der Waals surface area contributed by atoms with Crippen LogP contribution in [0.4, 0.5) is 29.6 Å². The first-order valence-electron chi connectivity index (χ1n) is 10.9. The number of imidazole rings is 1. The molecule has 38 heavy (non-hydrogen) atoms. The number of hydrogen-bond donors (Lipinski definition) is 3. The summed E-state index contributed by atoms with van der Waals surface area (Å²) in [6, 6.07) is -0.0254. The summed E-state index contributed by atoms with van der Waals surface area (Å²) in [5, 5.41) is 7.16. The molecule has 0 saturated heterocycles. The zero-order chi connectivity index (χ0) is 28.4. The number of nitrogens with one attached hydrogen (secondary N) is 3. The average Bonchev–Trinajstić information content (AvgIpc) is 3.40. The lowest BCUT2D eigenvalue weighted by Gasteiger charge is -2.19. The lowest BCUT2D eigenvalue weighted by atomic mass is 10.2. The lowest BCUT2D eigenvalue weighted by molar-refractivity contribution is -0.137. The van der Waals surface area contributed by atoms with Gasteiger partial charge in [0, 0.05) is 19.4 Å². The molecule has 0 aromatic carbocycles. The average molecular weight is 574 g/mol. The number of rotatable bonds is 6. The molecule has 11 nitrogen and oxygen atoms in total. The van der Waals surface area contributed by atoms with E-state index in [9.17, 15) is 27.6 Å². The van der Waals surface area contributed by atoms with Gasteiger partial charge >= 0.3 is 12.3 Å². The SMILES string of the molecule is C[C@@H](NC(=O)c1nc(NC(=O)OC(C)(C)C)cn1C)c1ncc(C(=O)Nc2cc(C(F)(F)F)c(Cl)cn2)s1. The minimum atomic E-state index is -4.72. The normalized spacial score (nSPS) is 12.6. The molecule has 16 heteroatoms. The second kappa shape index (κ2) is 10.9. The summed E-state index contributed by atoms with van der Waals surface area (Å²) in [5.41, 5.74) is -1.85. The van der Waals surface area contributed by atoms with Crippen molar-refractivity contribution in [2.75, 3.05) is 10.6 Å². The molecule has 0 radical (unpaired) electrons. The van der Waals surface area contributed by atoms with Gasteiger partial charge < -0.3 is 19.9 Å². The number of carbonyl (C=O) groups excluding carboxylic acids is 3. The molecule has 0 spiro atoms. The molecule has 0 aliphatic rings. The Bertz CT molecular complexity index is 1370. The van der Waals surface area contributed by atoms with Gasteiger partial charge in [-0.15, -0.1) is 11.3 Å². The van der Waals surface area contributed by atoms with Crippen molar-refractivity contribution in [3.8, 4) is 0 Å². The molecule has 0 saturated carbocycles. The standard InChI is InChI=1S/C22H23ClF3N7O4S/c1-10(29-18(35)16-30-15(9-33(16)5)32-20(36)37-21(2,3)4)19-28-8-13(38-19)17(34)31-14-6-11(22(24,25)26)12(23)7-27-14/h6-10H,1-5H3,(H,29,35)(H,32,36)(H,27,31,34)/t10-/m1/s1. The van der Waals surface area contributed by atoms with Crippen molar-refractivity contribution in [1.29, 1.82) is 0 Å². The maximum Gasteiger partial charge on any atom is 0.418 e. The number of halogens is 4. The van der Waals surface area contributed by atoms with E-state index in [1.807, 2.05) is 0 Å². The summed E-state index contributed by atoms with van der Waals surface area (Å²) in [6.07, 6.45) is -1.99. The van der Waals surface area contributed by atoms with Crippen molar-refractivity contribution in [1.82, 2.24) is 24.8 Å². The Morgan fingerprint density at radius 2 is 1.76 bits per heavy atom. The highest BCUT2D eigenvalue weighted by molar-refractivity contribution is 7.13. The van der Waals surface area contributed by atoms with Gasteiger partial charge in [0.2, 0.25) is 5.82 Å². The first-order chi connectivity index (χ1) is 17.5. The minimum Gasteiger partial charge on any atom is -0.444 e. The molecule has 3 N–H and O–H groups in total. The van der Waals surface area contributed by atoms with Gasteiger partial charge in [-0.05, 0) is 33.8 Å². The number of aryl methyl sites for hydroxylation is 1. The summed E-state index contributed by atoms with van der Waals surface area (Å²) in [6.45, 7) is 6.74. The number of nitrogens with zero attached hydrogens (tertiary/aromatic N) is 4. The summed E-state index contributed by atoms with van der Waals surface area (Å²) < 4.78 is 45.7. The van der Waals surface area contributed by atoms with E-state index in [0.29, 0.717) is 11.1 Å². The maximum atomic E-state index is 13.1. The Balaban J connectivity index is 1.64. The fourth-order valence-corrected chi connectivity index (χ4v) is 3.99. The van der Waals surface area contributed by atoms with E-state index in [0.717, 1.165) is 17.5 Å². The van der Waals surface area contributed by atoms with Crippen molar-refractivity contribution in [2.45, 2.75) is 45.5 Å². The summed E-state index contributed by atoms with van der Waals surface area (Å²) in [7, 11) is 1.56. The molecule has 3 aromatic rings. The van der Waals surface area contributed by atoms with Crippen LogP contribution in [0.3, 0.4) is 0 Å². The monoisotopic (exact) mass is 573 g/mol. The quantitative estimate of drug-likeness (QED) is 0.375. The Morgan fingerprint density at radius 1 is 1.08 bits per heavy atom. The van der Waals surface area contributed by atoms with Crippen molar-refractivity contribution in [3.63, 3.8) is 0 Å². The molecule has 3 amide bonds. The number of amides is 3. The number of pyridine rings is 1. The molecule has 0 aliphatic heterocycles. The third-order valence-electron chi connectivity index (χ3n) is 4.58. The molecular weight excluding hydrogens is 551 g/mol. The van der Waals surface area contributed by atoms with Crippen LogP contribution in [0.5, 0.6) is 0 Å². The molecule has 204 valence electrons. The highest BCUT2D eigenvalue weighted by Crippen LogP contribution is 2.35. The fraction of sp³-hybridized carbons (Fsp3) is 0.364. The van der Waals surface area contributed by atoms with Crippen molar-refractivity contribution in [3.05, 3.63) is 51.0 Å². The van der Waals surface area contributed by atoms with Crippen molar-refractivity contribution >= 4 is 52.5 Å². The fourth-order valence-electron chi connectivity index (χ4n) is 2.96. The van der Waals surface area contributed by atoms with Crippen LogP contribution in [0.15, 0.2) is 24.7 Å². The van der Waals surface area contributed by atoms with Crippen molar-refractivity contribution in [2.24, 2.45) is 7.05 Å². The lowest BCUT2D eigenvalue weighted by Crippen LogP contribution is -2.29. The first kappa shape index (κ1) is 28.8. The van der Waals surface area contributed by atoms with Crippen LogP contribution >= 0.6 is 22.9 Å². The molecule has 0 aliphatic carbocycles. The van der Waals surface area contributed by atoms with E-state index in [2.05, 4.69) is 30.9 Å². The highest BCUT2D eigenvalue weighted by atomic mass is 35.5. The molecule has 0 unspecified atom stereocenters. The van der Waals surface area contributed by atoms with E-state index < -0.39 is 46.3 Å². The Kier molecular flexibility index (Phi) is 8.31. The van der Waals surface area contributed by atoms with Gasteiger partial charge in [-0.1, -0.05) is 11.6 Å². The number of aromatic nitrogens is 4. The Hall–Kier alpha value is -3.72. The Morgan fingerprint density at radius 3 is 2.39 bits per heavy atom. The maximum absolute atomic E-state index is 13.1. The number of thiazole rings is 1. The molecule has 1 atom stereocenters. The van der Waals surface area contributed by atoms with Gasteiger partial charge in [0.15, 0.2) is 5.82 Å². The highest BCUT2D eigenvalue weighted by Gasteiger charge is 2.34. The molecule has 3 rings (SSSR count). The molecule has 3 heterocycles. The number of anilines is 2. The number of alkyl halides is 3. The summed E-state index contributed by atoms with van der Waals surface area (Å²) >= 11 is 6.47. The Labute approximate surface area is 223 Å². The van der Waals surface area contributed by atoms with Gasteiger partial charge in [0.25, 0.3) is 11.8 Å². The minimum absolute atomic E-state index is 0.00767. The van der Waals surface area contributed by atoms with E-state index in [1.54, 1.807) is 34.7 Å². The third kappa shape index (κ3) is 7.41. The zero-order valence-electron chi connectivity index (χ0n) is 20.7. The predicted molar refractivity (Wildman–Crippen MR) is 133 cm³/mol. The molecule has 0 bridgehead atoms. The van der Waals surface area contributed by atoms with Gasteiger partial charge in [0.1, 0.15) is 21.3 Å². The van der Waals surface area contributed by atoms with Gasteiger partial charge in [0.05, 0.1) is 22.8 Å². The van der Waals surface area contributed by atoms with Gasteiger partial charge in [-0.3, -0.25) is 14.9 Å². The van der Waals surface area contributed by atoms with Crippen LogP contribution in [0.1, 0.15) is 64.6 Å². The summed E-state index contributed by atoms with van der Waals surface area (Å²) in [4.78, 5) is 49.2. The van der Waals surface area contributed by atoms with Crippen LogP contribution in [-0.4, -0.2) is 43.0 Å². The van der Waals surface area contributed by atoms with E-state index >= 15 is 0 Å². The zero-order valence-corrected chi connectivity index (χ0v) is 22.3. The van der Waals surface area contributed by atoms with Crippen LogP contribution < -0.4 is 16.0 Å². The molecule has 3 aromatic heterocycles. The number of ether oxygens (including phenoxy) is 1. The topological polar surface area (TPSA) is 140 Å². The van der Waals surface area contributed by atoms with Gasteiger partial charge in [-0.25, -0.2) is 19.7 Å². The van der Waals surface area contributed by atoms with Crippen LogP contribution in [-0.2, 0) is 18.0 Å². The van der Waals surface area contributed by atoms with Crippen molar-refractivity contribution < 1.29 is 32.3 Å². The summed E-state index contributed by atoms with van der Waals surface area (Å²) in [5.74, 6) is -1.56. The van der Waals surface area contributed by atoms with Crippen LogP contribution in [0.25, 0.3) is 0 Å². The number of hydrogen-bond acceptors (Lipinski definition) is 8. The molecule has 0 fully saturated rings. The number of carbonyl (C=O) groups is 3. The second-order valence-electron chi connectivity index (χ2n) is 8.95. The molecular formula is C22H23ClF3N7O4S. The first-order valence-corrected chi connectivity index (χ1v) is 12.1. The van der Waals surface area contributed by atoms with Gasteiger partial charge in [-0.2, -0.15) is 13.2 Å². The van der Waals surface area contributed by atoms with E-state index in [-0.39, 0.29) is 22.3 Å².